The normalized spacial score (nSPS) is 17.6. The summed E-state index contributed by atoms with van der Waals surface area (Å²) < 4.78 is 5.64. The van der Waals surface area contributed by atoms with Crippen molar-refractivity contribution in [3.05, 3.63) is 59.8 Å². The third kappa shape index (κ3) is 3.32. The Balaban J connectivity index is 1.51. The molecule has 4 rings (SSSR count). The molecule has 6 heteroatoms. The Morgan fingerprint density at radius 3 is 3.00 bits per heavy atom. The summed E-state index contributed by atoms with van der Waals surface area (Å²) in [4.78, 5) is 26.9. The molecule has 0 aliphatic carbocycles. The lowest BCUT2D eigenvalue weighted by molar-refractivity contribution is -0.00439. The molecule has 3 aromatic rings. The number of carbonyl (C=O) groups excluding carboxylic acids is 1. The number of para-hydroxylation sites is 1. The average molecular weight is 350 g/mol. The number of hydrogen-bond acceptors (Lipinski definition) is 4. The first-order chi connectivity index (χ1) is 12.7. The van der Waals surface area contributed by atoms with E-state index in [-0.39, 0.29) is 11.9 Å². The zero-order valence-electron chi connectivity index (χ0n) is 14.8. The van der Waals surface area contributed by atoms with E-state index in [1.54, 1.807) is 12.4 Å². The molecule has 0 unspecified atom stereocenters. The highest BCUT2D eigenvalue weighted by molar-refractivity contribution is 5.98. The van der Waals surface area contributed by atoms with Gasteiger partial charge in [-0.2, -0.15) is 0 Å². The van der Waals surface area contributed by atoms with Gasteiger partial charge in [-0.15, -0.1) is 0 Å². The van der Waals surface area contributed by atoms with Crippen molar-refractivity contribution in [3.63, 3.8) is 0 Å². The third-order valence-corrected chi connectivity index (χ3v) is 4.95. The summed E-state index contributed by atoms with van der Waals surface area (Å²) in [6.07, 6.45) is 5.01. The van der Waals surface area contributed by atoms with Crippen molar-refractivity contribution in [2.24, 2.45) is 0 Å². The number of H-pyrrole nitrogens is 1. The molecule has 0 saturated carbocycles. The van der Waals surface area contributed by atoms with Crippen LogP contribution in [0.3, 0.4) is 0 Å². The Labute approximate surface area is 152 Å². The first-order valence-corrected chi connectivity index (χ1v) is 8.95. The van der Waals surface area contributed by atoms with Crippen LogP contribution in [0.2, 0.25) is 0 Å². The molecule has 1 amide bonds. The molecule has 2 aromatic heterocycles. The Bertz CT molecular complexity index is 888. The molecule has 1 saturated heterocycles. The van der Waals surface area contributed by atoms with Crippen LogP contribution in [0.4, 0.5) is 0 Å². The fourth-order valence-corrected chi connectivity index (χ4v) is 3.49. The number of amides is 1. The highest BCUT2D eigenvalue weighted by Gasteiger charge is 2.29. The number of morpholine rings is 1. The Morgan fingerprint density at radius 2 is 2.15 bits per heavy atom. The van der Waals surface area contributed by atoms with E-state index in [0.717, 1.165) is 35.1 Å². The highest BCUT2D eigenvalue weighted by atomic mass is 16.5. The zero-order chi connectivity index (χ0) is 17.9. The van der Waals surface area contributed by atoms with Gasteiger partial charge in [0.2, 0.25) is 0 Å². The van der Waals surface area contributed by atoms with Crippen LogP contribution in [-0.2, 0) is 11.2 Å². The van der Waals surface area contributed by atoms with Gasteiger partial charge in [0, 0.05) is 29.8 Å². The quantitative estimate of drug-likeness (QED) is 0.785. The topological polar surface area (TPSA) is 71.1 Å². The maximum absolute atomic E-state index is 13.1. The first-order valence-electron chi connectivity index (χ1n) is 8.95. The largest absolute Gasteiger partial charge is 0.377 e. The summed E-state index contributed by atoms with van der Waals surface area (Å²) in [5, 5.41) is 1.05. The smallest absolute Gasteiger partial charge is 0.270 e. The molecule has 26 heavy (non-hydrogen) atoms. The second-order valence-corrected chi connectivity index (χ2v) is 6.62. The van der Waals surface area contributed by atoms with Gasteiger partial charge in [0.1, 0.15) is 5.69 Å². The number of carbonyl (C=O) groups is 1. The predicted molar refractivity (Wildman–Crippen MR) is 99.0 cm³/mol. The van der Waals surface area contributed by atoms with E-state index in [1.807, 2.05) is 42.2 Å². The fourth-order valence-electron chi connectivity index (χ4n) is 3.49. The zero-order valence-corrected chi connectivity index (χ0v) is 14.8. The molecule has 1 N–H and O–H groups in total. The minimum atomic E-state index is 0.0327. The van der Waals surface area contributed by atoms with Crippen LogP contribution >= 0.6 is 0 Å². The van der Waals surface area contributed by atoms with Crippen LogP contribution in [-0.4, -0.2) is 51.6 Å². The Kier molecular flexibility index (Phi) is 4.67. The molecule has 0 spiro atoms. The van der Waals surface area contributed by atoms with Crippen molar-refractivity contribution in [2.75, 3.05) is 19.8 Å². The number of aromatic nitrogens is 3. The minimum Gasteiger partial charge on any atom is -0.377 e. The lowest BCUT2D eigenvalue weighted by atomic mass is 10.1. The van der Waals surface area contributed by atoms with E-state index in [2.05, 4.69) is 15.0 Å². The predicted octanol–water partition coefficient (Wildman–Crippen LogP) is 2.74. The van der Waals surface area contributed by atoms with E-state index in [4.69, 9.17) is 4.74 Å². The van der Waals surface area contributed by atoms with Crippen molar-refractivity contribution in [1.29, 1.82) is 0 Å². The fraction of sp³-hybridized carbons (Fsp3) is 0.350. The molecule has 1 atom stereocenters. The van der Waals surface area contributed by atoms with Crippen molar-refractivity contribution < 1.29 is 9.53 Å². The maximum atomic E-state index is 13.1. The number of nitrogens with one attached hydrogen (secondary N) is 1. The van der Waals surface area contributed by atoms with Crippen molar-refractivity contribution >= 4 is 16.8 Å². The van der Waals surface area contributed by atoms with Crippen LogP contribution in [0.1, 0.15) is 28.3 Å². The number of benzene rings is 1. The van der Waals surface area contributed by atoms with E-state index < -0.39 is 0 Å². The molecular weight excluding hydrogens is 328 g/mol. The van der Waals surface area contributed by atoms with Crippen LogP contribution in [0, 0.1) is 6.92 Å². The van der Waals surface area contributed by atoms with Gasteiger partial charge in [0.15, 0.2) is 0 Å². The second kappa shape index (κ2) is 7.25. The van der Waals surface area contributed by atoms with E-state index in [1.165, 1.54) is 0 Å². The van der Waals surface area contributed by atoms with E-state index in [0.29, 0.717) is 25.5 Å². The van der Waals surface area contributed by atoms with Crippen molar-refractivity contribution in [3.8, 4) is 0 Å². The molecule has 0 bridgehead atoms. The molecular formula is C20H22N4O2. The number of rotatable bonds is 4. The summed E-state index contributed by atoms with van der Waals surface area (Å²) >= 11 is 0. The van der Waals surface area contributed by atoms with Gasteiger partial charge in [-0.3, -0.25) is 14.8 Å². The maximum Gasteiger partial charge on any atom is 0.270 e. The number of aromatic amines is 1. The van der Waals surface area contributed by atoms with Crippen LogP contribution < -0.4 is 0 Å². The highest BCUT2D eigenvalue weighted by Crippen LogP contribution is 2.20. The molecule has 134 valence electrons. The standard InChI is InChI=1S/C20H22N4O2/c1-14-17(22-9-8-21-14)7-6-16-13-26-11-10-24(16)20(25)19-12-15-4-2-3-5-18(15)23-19/h2-5,8-9,12,16,23H,6-7,10-11,13H2,1H3/t16-/m0/s1. The van der Waals surface area contributed by atoms with Gasteiger partial charge in [0.25, 0.3) is 5.91 Å². The molecule has 6 nitrogen and oxygen atoms in total. The molecule has 1 fully saturated rings. The van der Waals surface area contributed by atoms with Gasteiger partial charge in [-0.1, -0.05) is 18.2 Å². The van der Waals surface area contributed by atoms with E-state index in [9.17, 15) is 4.79 Å². The average Bonchev–Trinajstić information content (AvgIpc) is 3.11. The van der Waals surface area contributed by atoms with Crippen molar-refractivity contribution in [2.45, 2.75) is 25.8 Å². The Hall–Kier alpha value is -2.73. The minimum absolute atomic E-state index is 0.0327. The van der Waals surface area contributed by atoms with Crippen LogP contribution in [0.25, 0.3) is 10.9 Å². The second-order valence-electron chi connectivity index (χ2n) is 6.62. The summed E-state index contributed by atoms with van der Waals surface area (Å²) in [5.74, 6) is 0.0327. The van der Waals surface area contributed by atoms with Gasteiger partial charge < -0.3 is 14.6 Å². The molecule has 1 aromatic carbocycles. The van der Waals surface area contributed by atoms with Crippen LogP contribution in [0.15, 0.2) is 42.7 Å². The summed E-state index contributed by atoms with van der Waals surface area (Å²) in [6, 6.07) is 9.91. The van der Waals surface area contributed by atoms with Gasteiger partial charge >= 0.3 is 0 Å². The number of nitrogens with zero attached hydrogens (tertiary/aromatic N) is 3. The molecule has 3 heterocycles. The SMILES string of the molecule is Cc1nccnc1CC[C@H]1COCCN1C(=O)c1cc2ccccc2[nH]1. The van der Waals surface area contributed by atoms with Crippen molar-refractivity contribution in [1.82, 2.24) is 19.9 Å². The molecule has 1 aliphatic rings. The number of aryl methyl sites for hydroxylation is 2. The summed E-state index contributed by atoms with van der Waals surface area (Å²) in [5.41, 5.74) is 3.54. The Morgan fingerprint density at radius 1 is 1.31 bits per heavy atom. The molecule has 1 aliphatic heterocycles. The third-order valence-electron chi connectivity index (χ3n) is 4.95. The van der Waals surface area contributed by atoms with Crippen LogP contribution in [0.5, 0.6) is 0 Å². The van der Waals surface area contributed by atoms with Gasteiger partial charge in [-0.05, 0) is 31.9 Å². The summed E-state index contributed by atoms with van der Waals surface area (Å²) in [6.45, 7) is 3.71. The first kappa shape index (κ1) is 16.7. The van der Waals surface area contributed by atoms with E-state index >= 15 is 0 Å². The van der Waals surface area contributed by atoms with Gasteiger partial charge in [0.05, 0.1) is 30.6 Å². The van der Waals surface area contributed by atoms with Gasteiger partial charge in [-0.25, -0.2) is 0 Å². The molecule has 0 radical (unpaired) electrons. The lowest BCUT2D eigenvalue weighted by Gasteiger charge is -2.35. The number of ether oxygens (including phenoxy) is 1. The monoisotopic (exact) mass is 350 g/mol. The number of hydrogen-bond donors (Lipinski definition) is 1. The summed E-state index contributed by atoms with van der Waals surface area (Å²) in [7, 11) is 0. The lowest BCUT2D eigenvalue weighted by Crippen LogP contribution is -2.49. The number of fused-ring (bicyclic) bond motifs is 1.